The fourth-order valence-corrected chi connectivity index (χ4v) is 6.66. The van der Waals surface area contributed by atoms with E-state index in [1.807, 2.05) is 52.8 Å². The molecule has 23 nitrogen and oxygen atoms in total. The Morgan fingerprint density at radius 2 is 1.04 bits per heavy atom. The molecule has 0 bridgehead atoms. The summed E-state index contributed by atoms with van der Waals surface area (Å²) in [5, 5.41) is 65.3. The van der Waals surface area contributed by atoms with E-state index in [2.05, 4.69) is 10.3 Å². The number of carbonyl (C=O) groups is 4. The standard InChI is InChI=1S/C19H30N2O6S2.C12H22O7.C9H20O4.C7H16O4/c1-3-15(13-22)27-19(25-2)14-26-18(24)9-6-7-16(23)20-11-12-28-29-17-8-4-5-10-21-17;1-3-9(7-13)19-12(17-2)8-18-11(16)6-4-5-10(14)15;1-3-5-12-9(7-11)13-8(4-2)6-10;1-3-6(4-8)11-7(5-9)10-2/h4-5,8,10,15,19,22H,3,6-7,9,11-14H2,1-2H3,(H,20,23);9,12-13H,3-8H2,1-2H3,(H,14,15);8-11H,3-7H2,1-2H3;6-9H,3-5H2,1-2H3. The quantitative estimate of drug-likeness (QED) is 0.0202. The predicted octanol–water partition coefficient (Wildman–Crippen LogP) is 3.21. The van der Waals surface area contributed by atoms with Crippen molar-refractivity contribution >= 4 is 45.4 Å². The highest BCUT2D eigenvalue weighted by atomic mass is 33.1. The molecule has 1 amide bonds. The fraction of sp³-hybridized carbons (Fsp3) is 0.809. The van der Waals surface area contributed by atoms with Crippen molar-refractivity contribution in [3.05, 3.63) is 24.4 Å². The third kappa shape index (κ3) is 44.6. The van der Waals surface area contributed by atoms with E-state index in [4.69, 9.17) is 83.1 Å². The highest BCUT2D eigenvalue weighted by Crippen LogP contribution is 2.28. The van der Waals surface area contributed by atoms with Crippen LogP contribution in [-0.4, -0.2) is 207 Å². The molecule has 72 heavy (non-hydrogen) atoms. The molecule has 0 aliphatic carbocycles. The molecule has 8 atom stereocenters. The minimum absolute atomic E-state index is 0.0392. The zero-order valence-electron chi connectivity index (χ0n) is 43.6. The molecule has 0 aliphatic heterocycles. The van der Waals surface area contributed by atoms with Gasteiger partial charge in [0.25, 0.3) is 0 Å². The Morgan fingerprint density at radius 3 is 1.42 bits per heavy atom. The van der Waals surface area contributed by atoms with Crippen LogP contribution in [0.1, 0.15) is 105 Å². The Bertz CT molecular complexity index is 1370. The number of esters is 2. The van der Waals surface area contributed by atoms with Crippen LogP contribution >= 0.6 is 21.6 Å². The molecule has 424 valence electrons. The average molecular weight is 1080 g/mol. The van der Waals surface area contributed by atoms with Gasteiger partial charge in [0.05, 0.1) is 64.1 Å². The molecule has 1 aromatic rings. The second kappa shape index (κ2) is 53.0. The number of hydrogen-bond acceptors (Lipinski definition) is 23. The van der Waals surface area contributed by atoms with E-state index in [1.54, 1.807) is 27.8 Å². The summed E-state index contributed by atoms with van der Waals surface area (Å²) in [6.07, 6.45) is 2.43. The van der Waals surface area contributed by atoms with Gasteiger partial charge in [-0.05, 0) is 67.9 Å². The Kier molecular flexibility index (Phi) is 54.1. The molecule has 1 aromatic heterocycles. The van der Waals surface area contributed by atoms with Gasteiger partial charge in [-0.2, -0.15) is 0 Å². The van der Waals surface area contributed by atoms with Crippen molar-refractivity contribution in [3.63, 3.8) is 0 Å². The number of amides is 1. The number of nitrogens with zero attached hydrogens (tertiary/aromatic N) is 1. The smallest absolute Gasteiger partial charge is 0.305 e. The molecule has 0 saturated carbocycles. The maximum absolute atomic E-state index is 11.8. The van der Waals surface area contributed by atoms with Gasteiger partial charge in [-0.3, -0.25) is 19.2 Å². The molecule has 1 rings (SSSR count). The lowest BCUT2D eigenvalue weighted by Gasteiger charge is -2.21. The summed E-state index contributed by atoms with van der Waals surface area (Å²) in [7, 11) is 7.49. The Labute approximate surface area is 434 Å². The van der Waals surface area contributed by atoms with Gasteiger partial charge in [-0.15, -0.1) is 0 Å². The van der Waals surface area contributed by atoms with Gasteiger partial charge >= 0.3 is 17.9 Å². The van der Waals surface area contributed by atoms with Crippen LogP contribution < -0.4 is 5.32 Å². The SMILES string of the molecule is CCC(CO)OC(CO)OC.CCC(CO)OC(COC(=O)CCCC(=O)NCCSSc1ccccn1)OC.CCC(CO)OC(COC(=O)CCCC(=O)O)OC.CCCOC(CO)OC(CC)CO. The van der Waals surface area contributed by atoms with E-state index in [9.17, 15) is 19.2 Å². The molecule has 0 saturated heterocycles. The van der Waals surface area contributed by atoms with E-state index in [-0.39, 0.29) is 115 Å². The van der Waals surface area contributed by atoms with Crippen molar-refractivity contribution in [2.45, 2.75) is 160 Å². The molecule has 8 N–H and O–H groups in total. The van der Waals surface area contributed by atoms with Crippen molar-refractivity contribution in [2.24, 2.45) is 0 Å². The van der Waals surface area contributed by atoms with Crippen molar-refractivity contribution in [2.75, 3.05) is 93.1 Å². The number of aliphatic carboxylic acids is 1. The zero-order valence-corrected chi connectivity index (χ0v) is 45.2. The van der Waals surface area contributed by atoms with Crippen molar-refractivity contribution in [1.82, 2.24) is 10.3 Å². The second-order valence-corrected chi connectivity index (χ2v) is 17.4. The minimum Gasteiger partial charge on any atom is -0.481 e. The Morgan fingerprint density at radius 1 is 0.597 bits per heavy atom. The number of carboxylic acids is 1. The van der Waals surface area contributed by atoms with Crippen molar-refractivity contribution in [1.29, 1.82) is 0 Å². The lowest BCUT2D eigenvalue weighted by molar-refractivity contribution is -0.194. The zero-order chi connectivity index (χ0) is 54.8. The topological polar surface area (TPSA) is 327 Å². The summed E-state index contributed by atoms with van der Waals surface area (Å²) < 4.78 is 51.2. The number of aliphatic hydroxyl groups is 6. The highest BCUT2D eigenvalue weighted by Gasteiger charge is 2.19. The largest absolute Gasteiger partial charge is 0.481 e. The summed E-state index contributed by atoms with van der Waals surface area (Å²) in [5.41, 5.74) is 0. The van der Waals surface area contributed by atoms with Crippen LogP contribution in [0, 0.1) is 0 Å². The van der Waals surface area contributed by atoms with Gasteiger partial charge in [-0.1, -0.05) is 51.5 Å². The number of carboxylic acid groups (broad SMARTS) is 1. The van der Waals surface area contributed by atoms with Crippen LogP contribution in [0.15, 0.2) is 29.4 Å². The molecular formula is C47H88N2O21S2. The Balaban J connectivity index is -0.000000953. The van der Waals surface area contributed by atoms with E-state index < -0.39 is 43.1 Å². The molecule has 25 heteroatoms. The third-order valence-corrected chi connectivity index (χ3v) is 11.5. The molecule has 0 aromatic carbocycles. The minimum atomic E-state index is -0.945. The number of aliphatic hydroxyl groups excluding tert-OH is 6. The van der Waals surface area contributed by atoms with Crippen molar-refractivity contribution in [3.8, 4) is 0 Å². The molecule has 0 spiro atoms. The van der Waals surface area contributed by atoms with Gasteiger partial charge in [0, 0.05) is 72.1 Å². The van der Waals surface area contributed by atoms with Gasteiger partial charge in [-0.25, -0.2) is 4.98 Å². The number of ether oxygens (including phenoxy) is 10. The van der Waals surface area contributed by atoms with Gasteiger partial charge < -0.3 is 88.4 Å². The van der Waals surface area contributed by atoms with Crippen LogP contribution in [0.3, 0.4) is 0 Å². The summed E-state index contributed by atoms with van der Waals surface area (Å²) >= 11 is 0. The van der Waals surface area contributed by atoms with E-state index in [0.29, 0.717) is 45.3 Å². The number of pyridine rings is 1. The maximum atomic E-state index is 11.8. The molecule has 0 fully saturated rings. The van der Waals surface area contributed by atoms with E-state index in [0.717, 1.165) is 17.2 Å². The van der Waals surface area contributed by atoms with Crippen LogP contribution in [-0.2, 0) is 66.5 Å². The number of aromatic nitrogens is 1. The summed E-state index contributed by atoms with van der Waals surface area (Å²) in [5.74, 6) is -1.18. The number of methoxy groups -OCH3 is 3. The van der Waals surface area contributed by atoms with Gasteiger partial charge in [0.1, 0.15) is 18.2 Å². The average Bonchev–Trinajstić information content (AvgIpc) is 3.40. The number of hydrogen-bond donors (Lipinski definition) is 8. The second-order valence-electron chi connectivity index (χ2n) is 14.9. The monoisotopic (exact) mass is 1080 g/mol. The highest BCUT2D eigenvalue weighted by molar-refractivity contribution is 8.76. The van der Waals surface area contributed by atoms with Crippen LogP contribution in [0.25, 0.3) is 0 Å². The summed E-state index contributed by atoms with van der Waals surface area (Å²) in [4.78, 5) is 49.3. The fourth-order valence-electron chi connectivity index (χ4n) is 4.88. The lowest BCUT2D eigenvalue weighted by Crippen LogP contribution is -2.30. The first-order chi connectivity index (χ1) is 34.7. The normalized spacial score (nSPS) is 14.2. The van der Waals surface area contributed by atoms with Crippen LogP contribution in [0.2, 0.25) is 0 Å². The van der Waals surface area contributed by atoms with Gasteiger partial charge in [0.2, 0.25) is 5.91 Å². The molecule has 0 aliphatic rings. The first-order valence-corrected chi connectivity index (χ1v) is 26.5. The number of rotatable bonds is 41. The molecule has 8 unspecified atom stereocenters. The summed E-state index contributed by atoms with van der Waals surface area (Å²) in [6, 6.07) is 5.74. The lowest BCUT2D eigenvalue weighted by atomic mass is 10.2. The first-order valence-electron chi connectivity index (χ1n) is 24.1. The summed E-state index contributed by atoms with van der Waals surface area (Å²) in [6.45, 7) is 9.80. The van der Waals surface area contributed by atoms with Crippen molar-refractivity contribution < 1.29 is 102 Å². The number of nitrogens with one attached hydrogen (secondary N) is 1. The first kappa shape index (κ1) is 73.4. The third-order valence-electron chi connectivity index (χ3n) is 9.21. The predicted molar refractivity (Wildman–Crippen MR) is 268 cm³/mol. The molecule has 0 radical (unpaired) electrons. The van der Waals surface area contributed by atoms with Gasteiger partial charge in [0.15, 0.2) is 25.2 Å². The van der Waals surface area contributed by atoms with Crippen LogP contribution in [0.4, 0.5) is 0 Å². The molecule has 1 heterocycles. The van der Waals surface area contributed by atoms with E-state index >= 15 is 0 Å². The number of carbonyl (C=O) groups excluding carboxylic acids is 3. The van der Waals surface area contributed by atoms with E-state index in [1.165, 1.54) is 21.3 Å². The Hall–Kier alpha value is -2.83. The maximum Gasteiger partial charge on any atom is 0.305 e. The molecular weight excluding hydrogens is 993 g/mol. The van der Waals surface area contributed by atoms with Crippen LogP contribution in [0.5, 0.6) is 0 Å².